The third-order valence-corrected chi connectivity index (χ3v) is 2.60. The van der Waals surface area contributed by atoms with Crippen molar-refractivity contribution in [1.82, 2.24) is 5.32 Å². The molecule has 3 nitrogen and oxygen atoms in total. The zero-order valence-corrected chi connectivity index (χ0v) is 10.1. The van der Waals surface area contributed by atoms with Crippen LogP contribution < -0.4 is 5.32 Å². The Hall–Kier alpha value is -1.63. The Kier molecular flexibility index (Phi) is 4.88. The first-order chi connectivity index (χ1) is 8.81. The second-order valence-corrected chi connectivity index (χ2v) is 3.93. The van der Waals surface area contributed by atoms with Gasteiger partial charge >= 0.3 is 6.18 Å². The smallest absolute Gasteiger partial charge is 0.394 e. The third kappa shape index (κ3) is 3.66. The van der Waals surface area contributed by atoms with Crippen LogP contribution >= 0.6 is 0 Å². The number of aliphatic hydroxyl groups is 1. The molecule has 19 heavy (non-hydrogen) atoms. The number of amides is 1. The van der Waals surface area contributed by atoms with E-state index < -0.39 is 35.1 Å². The number of halogens is 4. The molecule has 0 saturated heterocycles. The fourth-order valence-corrected chi connectivity index (χ4v) is 1.47. The van der Waals surface area contributed by atoms with E-state index in [4.69, 9.17) is 5.11 Å². The van der Waals surface area contributed by atoms with Gasteiger partial charge in [0.25, 0.3) is 5.91 Å². The van der Waals surface area contributed by atoms with Crippen LogP contribution in [0.25, 0.3) is 0 Å². The number of nitrogens with one attached hydrogen (secondary N) is 1. The van der Waals surface area contributed by atoms with Gasteiger partial charge in [0.05, 0.1) is 23.8 Å². The van der Waals surface area contributed by atoms with Gasteiger partial charge in [-0.2, -0.15) is 13.2 Å². The Balaban J connectivity index is 3.05. The van der Waals surface area contributed by atoms with Crippen LogP contribution in [0.3, 0.4) is 0 Å². The second-order valence-electron chi connectivity index (χ2n) is 3.93. The first kappa shape index (κ1) is 15.4. The van der Waals surface area contributed by atoms with Crippen molar-refractivity contribution in [2.45, 2.75) is 25.6 Å². The fraction of sp³-hybridized carbons (Fsp3) is 0.417. The van der Waals surface area contributed by atoms with Crippen molar-refractivity contribution in [2.24, 2.45) is 0 Å². The van der Waals surface area contributed by atoms with E-state index in [9.17, 15) is 22.4 Å². The lowest BCUT2D eigenvalue weighted by molar-refractivity contribution is -0.140. The van der Waals surface area contributed by atoms with Gasteiger partial charge < -0.3 is 10.4 Å². The normalized spacial score (nSPS) is 13.2. The number of aliphatic hydroxyl groups excluding tert-OH is 1. The molecule has 1 unspecified atom stereocenters. The Bertz CT molecular complexity index is 456. The first-order valence-electron chi connectivity index (χ1n) is 5.58. The van der Waals surface area contributed by atoms with Crippen LogP contribution in [0.2, 0.25) is 0 Å². The van der Waals surface area contributed by atoms with E-state index in [1.165, 1.54) is 0 Å². The molecule has 0 aliphatic carbocycles. The molecule has 0 spiro atoms. The molecule has 0 heterocycles. The molecule has 0 aliphatic heterocycles. The van der Waals surface area contributed by atoms with Crippen molar-refractivity contribution in [3.05, 3.63) is 35.1 Å². The van der Waals surface area contributed by atoms with Crippen LogP contribution in [0.5, 0.6) is 0 Å². The standard InChI is InChI=1S/C12H13F4NO2/c1-2-7(6-18)17-11(19)8-4-3-5-9(10(8)13)12(14,15)16/h3-5,7,18H,2,6H2,1H3,(H,17,19). The second kappa shape index (κ2) is 6.01. The first-order valence-corrected chi connectivity index (χ1v) is 5.58. The molecular formula is C12H13F4NO2. The number of alkyl halides is 3. The number of hydrogen-bond donors (Lipinski definition) is 2. The van der Waals surface area contributed by atoms with Gasteiger partial charge in [0.15, 0.2) is 0 Å². The minimum atomic E-state index is -4.86. The maximum atomic E-state index is 13.6. The van der Waals surface area contributed by atoms with Crippen molar-refractivity contribution in [1.29, 1.82) is 0 Å². The summed E-state index contributed by atoms with van der Waals surface area (Å²) in [5.74, 6) is -2.59. The molecule has 0 aromatic heterocycles. The van der Waals surface area contributed by atoms with Crippen molar-refractivity contribution >= 4 is 5.91 Å². The van der Waals surface area contributed by atoms with Gasteiger partial charge in [0.2, 0.25) is 0 Å². The molecule has 106 valence electrons. The summed E-state index contributed by atoms with van der Waals surface area (Å²) in [5.41, 5.74) is -2.18. The summed E-state index contributed by atoms with van der Waals surface area (Å²) >= 11 is 0. The van der Waals surface area contributed by atoms with E-state index in [0.29, 0.717) is 12.5 Å². The highest BCUT2D eigenvalue weighted by Gasteiger charge is 2.35. The van der Waals surface area contributed by atoms with Crippen LogP contribution in [0.4, 0.5) is 17.6 Å². The highest BCUT2D eigenvalue weighted by Crippen LogP contribution is 2.32. The van der Waals surface area contributed by atoms with Crippen LogP contribution in [0.15, 0.2) is 18.2 Å². The van der Waals surface area contributed by atoms with Gasteiger partial charge in [-0.3, -0.25) is 4.79 Å². The highest BCUT2D eigenvalue weighted by atomic mass is 19.4. The fourth-order valence-electron chi connectivity index (χ4n) is 1.47. The summed E-state index contributed by atoms with van der Waals surface area (Å²) in [6, 6.07) is 1.86. The van der Waals surface area contributed by atoms with Gasteiger partial charge in [0, 0.05) is 0 Å². The Morgan fingerprint density at radius 3 is 2.53 bits per heavy atom. The lowest BCUT2D eigenvalue weighted by Gasteiger charge is -2.15. The Morgan fingerprint density at radius 1 is 1.42 bits per heavy atom. The lowest BCUT2D eigenvalue weighted by Crippen LogP contribution is -2.37. The van der Waals surface area contributed by atoms with Crippen LogP contribution in [0, 0.1) is 5.82 Å². The molecule has 0 bridgehead atoms. The molecule has 1 aromatic rings. The van der Waals surface area contributed by atoms with Crippen LogP contribution in [-0.4, -0.2) is 23.7 Å². The van der Waals surface area contributed by atoms with E-state index in [2.05, 4.69) is 5.32 Å². The quantitative estimate of drug-likeness (QED) is 0.831. The van der Waals surface area contributed by atoms with Gasteiger partial charge in [-0.1, -0.05) is 13.0 Å². The van der Waals surface area contributed by atoms with Crippen molar-refractivity contribution in [2.75, 3.05) is 6.61 Å². The SMILES string of the molecule is CCC(CO)NC(=O)c1cccc(C(F)(F)F)c1F. The molecule has 0 radical (unpaired) electrons. The molecule has 1 amide bonds. The van der Waals surface area contributed by atoms with E-state index in [0.717, 1.165) is 12.1 Å². The molecule has 1 atom stereocenters. The van der Waals surface area contributed by atoms with Gasteiger partial charge in [0.1, 0.15) is 5.82 Å². The van der Waals surface area contributed by atoms with Crippen molar-refractivity contribution < 1.29 is 27.5 Å². The van der Waals surface area contributed by atoms with E-state index >= 15 is 0 Å². The average molecular weight is 279 g/mol. The molecular weight excluding hydrogens is 266 g/mol. The minimum Gasteiger partial charge on any atom is -0.394 e. The average Bonchev–Trinajstić information content (AvgIpc) is 2.34. The molecule has 2 N–H and O–H groups in total. The summed E-state index contributed by atoms with van der Waals surface area (Å²) < 4.78 is 51.1. The summed E-state index contributed by atoms with van der Waals surface area (Å²) in [4.78, 5) is 11.6. The molecule has 1 aromatic carbocycles. The van der Waals surface area contributed by atoms with E-state index in [1.807, 2.05) is 0 Å². The summed E-state index contributed by atoms with van der Waals surface area (Å²) in [6.07, 6.45) is -4.48. The van der Waals surface area contributed by atoms with Crippen LogP contribution in [-0.2, 0) is 6.18 Å². The van der Waals surface area contributed by atoms with Crippen LogP contribution in [0.1, 0.15) is 29.3 Å². The zero-order chi connectivity index (χ0) is 14.6. The number of carbonyl (C=O) groups excluding carboxylic acids is 1. The minimum absolute atomic E-state index is 0.372. The number of hydrogen-bond acceptors (Lipinski definition) is 2. The molecule has 7 heteroatoms. The molecule has 1 rings (SSSR count). The number of rotatable bonds is 4. The summed E-state index contributed by atoms with van der Waals surface area (Å²) in [7, 11) is 0. The highest BCUT2D eigenvalue weighted by molar-refractivity contribution is 5.94. The predicted molar refractivity (Wildman–Crippen MR) is 60.0 cm³/mol. The maximum absolute atomic E-state index is 13.6. The maximum Gasteiger partial charge on any atom is 0.419 e. The summed E-state index contributed by atoms with van der Waals surface area (Å²) in [6.45, 7) is 1.30. The zero-order valence-electron chi connectivity index (χ0n) is 10.1. The Morgan fingerprint density at radius 2 is 2.05 bits per heavy atom. The predicted octanol–water partition coefficient (Wildman–Crippen LogP) is 2.35. The topological polar surface area (TPSA) is 49.3 Å². The van der Waals surface area contributed by atoms with E-state index in [1.54, 1.807) is 6.92 Å². The lowest BCUT2D eigenvalue weighted by atomic mass is 10.1. The van der Waals surface area contributed by atoms with Crippen molar-refractivity contribution in [3.63, 3.8) is 0 Å². The van der Waals surface area contributed by atoms with Crippen molar-refractivity contribution in [3.8, 4) is 0 Å². The largest absolute Gasteiger partial charge is 0.419 e. The van der Waals surface area contributed by atoms with Gasteiger partial charge in [-0.25, -0.2) is 4.39 Å². The third-order valence-electron chi connectivity index (χ3n) is 2.60. The number of carbonyl (C=O) groups is 1. The molecule has 0 aliphatic rings. The molecule has 0 fully saturated rings. The van der Waals surface area contributed by atoms with Gasteiger partial charge in [-0.05, 0) is 18.6 Å². The monoisotopic (exact) mass is 279 g/mol. The number of benzene rings is 1. The van der Waals surface area contributed by atoms with E-state index in [-0.39, 0.29) is 6.61 Å². The Labute approximate surface area is 107 Å². The molecule has 0 saturated carbocycles. The summed E-state index contributed by atoms with van der Waals surface area (Å²) in [5, 5.41) is 11.1. The van der Waals surface area contributed by atoms with Gasteiger partial charge in [-0.15, -0.1) is 0 Å².